The quantitative estimate of drug-likeness (QED) is 0.0920. The first-order valence-electron chi connectivity index (χ1n) is 7.29. The maximum atomic E-state index is 13.6. The predicted octanol–water partition coefficient (Wildman–Crippen LogP) is 4.08. The molecule has 29 heavy (non-hydrogen) atoms. The SMILES string of the molecule is O=C(Oc1c(F)c(F)c(F)c(F)c1F)c1cc2cc(CO[PH](=O)[O-])ccc2s1.[Ag+]. The van der Waals surface area contributed by atoms with E-state index in [1.165, 1.54) is 24.3 Å². The fourth-order valence-corrected chi connectivity index (χ4v) is 3.45. The van der Waals surface area contributed by atoms with Crippen LogP contribution in [0.2, 0.25) is 0 Å². The van der Waals surface area contributed by atoms with Crippen LogP contribution in [0.1, 0.15) is 15.2 Å². The summed E-state index contributed by atoms with van der Waals surface area (Å²) in [4.78, 5) is 22.4. The first-order chi connectivity index (χ1) is 13.2. The minimum atomic E-state index is -3.38. The van der Waals surface area contributed by atoms with Crippen molar-refractivity contribution in [3.05, 3.63) is 63.8 Å². The van der Waals surface area contributed by atoms with Crippen LogP contribution in [0, 0.1) is 29.1 Å². The van der Waals surface area contributed by atoms with E-state index in [4.69, 9.17) is 0 Å². The number of hydrogen-bond acceptors (Lipinski definition) is 6. The van der Waals surface area contributed by atoms with E-state index in [-0.39, 0.29) is 33.9 Å². The number of hydrogen-bond donors (Lipinski definition) is 0. The molecular weight excluding hydrogens is 538 g/mol. The maximum absolute atomic E-state index is 13.6. The molecule has 0 radical (unpaired) electrons. The predicted molar refractivity (Wildman–Crippen MR) is 86.8 cm³/mol. The normalized spacial score (nSPS) is 11.9. The van der Waals surface area contributed by atoms with Crippen molar-refractivity contribution in [2.75, 3.05) is 0 Å². The Morgan fingerprint density at radius 2 is 1.59 bits per heavy atom. The van der Waals surface area contributed by atoms with E-state index in [1.807, 2.05) is 0 Å². The van der Waals surface area contributed by atoms with Crippen molar-refractivity contribution in [2.45, 2.75) is 6.61 Å². The molecule has 158 valence electrons. The fraction of sp³-hybridized carbons (Fsp3) is 0.0625. The summed E-state index contributed by atoms with van der Waals surface area (Å²) in [5.74, 6) is -14.4. The molecule has 5 nitrogen and oxygen atoms in total. The largest absolute Gasteiger partial charge is 1.00 e. The van der Waals surface area contributed by atoms with E-state index in [1.54, 1.807) is 0 Å². The van der Waals surface area contributed by atoms with Crippen molar-refractivity contribution in [2.24, 2.45) is 0 Å². The Morgan fingerprint density at radius 3 is 2.17 bits per heavy atom. The number of fused-ring (bicyclic) bond motifs is 1. The van der Waals surface area contributed by atoms with Gasteiger partial charge in [-0.15, -0.1) is 11.3 Å². The molecule has 0 N–H and O–H groups in total. The first-order valence-corrected chi connectivity index (χ1v) is 9.33. The van der Waals surface area contributed by atoms with Gasteiger partial charge in [-0.1, -0.05) is 6.07 Å². The van der Waals surface area contributed by atoms with Crippen LogP contribution in [-0.2, 0) is 38.1 Å². The molecular formula is C16H7AgF5O5PS. The van der Waals surface area contributed by atoms with Crippen LogP contribution in [0.4, 0.5) is 22.0 Å². The Morgan fingerprint density at radius 1 is 1.00 bits per heavy atom. The van der Waals surface area contributed by atoms with Crippen molar-refractivity contribution in [3.8, 4) is 5.75 Å². The molecule has 0 saturated heterocycles. The van der Waals surface area contributed by atoms with E-state index in [0.29, 0.717) is 15.6 Å². The smallest absolute Gasteiger partial charge is 0.781 e. The fourth-order valence-electron chi connectivity index (χ4n) is 2.24. The van der Waals surface area contributed by atoms with Gasteiger partial charge in [-0.2, -0.15) is 8.78 Å². The van der Waals surface area contributed by atoms with Crippen LogP contribution < -0.4 is 9.63 Å². The van der Waals surface area contributed by atoms with E-state index in [2.05, 4.69) is 9.26 Å². The van der Waals surface area contributed by atoms with Crippen molar-refractivity contribution in [1.82, 2.24) is 0 Å². The Bertz CT molecular complexity index is 1090. The molecule has 3 aromatic rings. The Balaban J connectivity index is 0.00000300. The topological polar surface area (TPSA) is 75.7 Å². The van der Waals surface area contributed by atoms with Crippen molar-refractivity contribution in [3.63, 3.8) is 0 Å². The van der Waals surface area contributed by atoms with Crippen molar-refractivity contribution in [1.29, 1.82) is 0 Å². The average molecular weight is 545 g/mol. The molecule has 2 aromatic carbocycles. The molecule has 1 atom stereocenters. The van der Waals surface area contributed by atoms with Crippen molar-refractivity contribution >= 4 is 35.6 Å². The second kappa shape index (κ2) is 9.48. The molecule has 0 bridgehead atoms. The summed E-state index contributed by atoms with van der Waals surface area (Å²) in [7, 11) is -3.38. The van der Waals surface area contributed by atoms with Crippen LogP contribution in [0.3, 0.4) is 0 Å². The Hall–Kier alpha value is -1.59. The van der Waals surface area contributed by atoms with Gasteiger partial charge in [0.15, 0.2) is 0 Å². The van der Waals surface area contributed by atoms with E-state index in [9.17, 15) is 36.2 Å². The summed E-state index contributed by atoms with van der Waals surface area (Å²) >= 11 is 0.842. The van der Waals surface area contributed by atoms with Gasteiger partial charge in [0.25, 0.3) is 0 Å². The molecule has 0 fully saturated rings. The number of thiophene rings is 1. The van der Waals surface area contributed by atoms with Gasteiger partial charge in [0, 0.05) is 4.70 Å². The van der Waals surface area contributed by atoms with Gasteiger partial charge in [-0.05, 0) is 29.1 Å². The minimum Gasteiger partial charge on any atom is -0.781 e. The molecule has 0 aliphatic heterocycles. The zero-order valence-corrected chi connectivity index (χ0v) is 17.0. The molecule has 1 aromatic heterocycles. The zero-order chi connectivity index (χ0) is 20.6. The number of carbonyl (C=O) groups excluding carboxylic acids is 1. The number of rotatable bonds is 5. The maximum Gasteiger partial charge on any atom is 1.00 e. The van der Waals surface area contributed by atoms with Gasteiger partial charge in [0.05, 0.1) is 6.61 Å². The molecule has 0 saturated carbocycles. The van der Waals surface area contributed by atoms with Gasteiger partial charge in [0.2, 0.25) is 34.8 Å². The summed E-state index contributed by atoms with van der Waals surface area (Å²) in [6.07, 6.45) is 0. The monoisotopic (exact) mass is 544 g/mol. The molecule has 0 amide bonds. The third-order valence-corrected chi connectivity index (χ3v) is 4.98. The Kier molecular flexibility index (Phi) is 7.74. The third kappa shape index (κ3) is 4.95. The molecule has 0 spiro atoms. The van der Waals surface area contributed by atoms with E-state index >= 15 is 0 Å². The molecule has 1 heterocycles. The summed E-state index contributed by atoms with van der Waals surface area (Å²) in [5, 5.41) is 0.459. The zero-order valence-electron chi connectivity index (χ0n) is 13.7. The molecule has 0 aliphatic carbocycles. The average Bonchev–Trinajstić information content (AvgIpc) is 3.10. The first kappa shape index (κ1) is 23.7. The van der Waals surface area contributed by atoms with Gasteiger partial charge < -0.3 is 18.7 Å². The second-order valence-electron chi connectivity index (χ2n) is 5.31. The number of halogens is 5. The minimum absolute atomic E-state index is 0. The van der Waals surface area contributed by atoms with Gasteiger partial charge in [-0.25, -0.2) is 18.0 Å². The van der Waals surface area contributed by atoms with Crippen LogP contribution in [0.25, 0.3) is 10.1 Å². The van der Waals surface area contributed by atoms with Crippen LogP contribution >= 0.6 is 19.6 Å². The van der Waals surface area contributed by atoms with Gasteiger partial charge >= 0.3 is 28.3 Å². The van der Waals surface area contributed by atoms with E-state index in [0.717, 1.165) is 11.3 Å². The summed E-state index contributed by atoms with van der Waals surface area (Å²) in [6, 6.07) is 5.84. The molecule has 1 unspecified atom stereocenters. The van der Waals surface area contributed by atoms with E-state index < -0.39 is 49.1 Å². The van der Waals surface area contributed by atoms with Crippen molar-refractivity contribution < 1.29 is 67.8 Å². The molecule has 13 heteroatoms. The standard InChI is InChI=1S/C16H8F5O5PS.Ag/c17-10-11(18)13(20)15(14(21)12(10)19)26-16(22)9-4-7-3-6(5-25-27(23)24)1-2-8(7)28-9;/h1-4,27H,5H2,(H,23,24);/q;+1/p-1. The summed E-state index contributed by atoms with van der Waals surface area (Å²) in [5.41, 5.74) is 0.471. The van der Waals surface area contributed by atoms with Crippen LogP contribution in [0.5, 0.6) is 5.75 Å². The number of carbonyl (C=O) groups is 1. The van der Waals surface area contributed by atoms with Crippen LogP contribution in [0.15, 0.2) is 24.3 Å². The number of ether oxygens (including phenoxy) is 1. The number of benzene rings is 2. The van der Waals surface area contributed by atoms with Gasteiger partial charge in [0.1, 0.15) is 13.1 Å². The van der Waals surface area contributed by atoms with Crippen LogP contribution in [-0.4, -0.2) is 5.97 Å². The van der Waals surface area contributed by atoms with Gasteiger partial charge in [-0.3, -0.25) is 0 Å². The number of esters is 1. The Labute approximate surface area is 179 Å². The summed E-state index contributed by atoms with van der Waals surface area (Å²) in [6.45, 7) is -0.225. The summed E-state index contributed by atoms with van der Waals surface area (Å²) < 4.78 is 86.6. The third-order valence-electron chi connectivity index (χ3n) is 3.50. The molecule has 0 aliphatic rings. The second-order valence-corrected chi connectivity index (χ2v) is 7.18. The molecule has 3 rings (SSSR count).